The number of anilines is 1. The molecule has 1 fully saturated rings. The highest BCUT2D eigenvalue weighted by molar-refractivity contribution is 6.00. The van der Waals surface area contributed by atoms with E-state index in [9.17, 15) is 4.79 Å². The van der Waals surface area contributed by atoms with Crippen LogP contribution < -0.4 is 10.3 Å². The minimum Gasteiger partial charge on any atom is -0.459 e. The number of amides is 1. The van der Waals surface area contributed by atoms with Gasteiger partial charge in [0.2, 0.25) is 0 Å². The number of rotatable bonds is 4. The van der Waals surface area contributed by atoms with Crippen LogP contribution in [0.4, 0.5) is 5.69 Å². The van der Waals surface area contributed by atoms with Crippen LogP contribution in [-0.4, -0.2) is 37.9 Å². The topological polar surface area (TPSA) is 67.1 Å². The molecule has 3 rings (SSSR count). The summed E-state index contributed by atoms with van der Waals surface area (Å²) in [4.78, 5) is 14.1. The number of ether oxygens (including phenoxy) is 1. The van der Waals surface area contributed by atoms with Crippen molar-refractivity contribution in [3.63, 3.8) is 0 Å². The molecule has 0 unspecified atom stereocenters. The van der Waals surface area contributed by atoms with Gasteiger partial charge in [-0.05, 0) is 36.8 Å². The van der Waals surface area contributed by atoms with Gasteiger partial charge < -0.3 is 14.1 Å². The molecule has 1 N–H and O–H groups in total. The van der Waals surface area contributed by atoms with E-state index in [0.717, 1.165) is 37.6 Å². The fraction of sp³-hybridized carbons (Fsp3) is 0.294. The molecule has 1 aliphatic heterocycles. The molecule has 0 bridgehead atoms. The molecule has 6 heteroatoms. The summed E-state index contributed by atoms with van der Waals surface area (Å²) in [5.41, 5.74) is 5.36. The van der Waals surface area contributed by atoms with Crippen molar-refractivity contribution >= 4 is 17.3 Å². The van der Waals surface area contributed by atoms with Gasteiger partial charge in [0.25, 0.3) is 0 Å². The van der Waals surface area contributed by atoms with Crippen molar-refractivity contribution in [1.29, 1.82) is 0 Å². The number of morpholine rings is 1. The van der Waals surface area contributed by atoms with Crippen LogP contribution in [0.25, 0.3) is 0 Å². The smallest absolute Gasteiger partial charge is 0.307 e. The van der Waals surface area contributed by atoms with Gasteiger partial charge in [-0.25, -0.2) is 5.43 Å². The zero-order chi connectivity index (χ0) is 16.1. The minimum atomic E-state index is -0.362. The van der Waals surface area contributed by atoms with Gasteiger partial charge in [-0.15, -0.1) is 0 Å². The van der Waals surface area contributed by atoms with Crippen molar-refractivity contribution < 1.29 is 13.9 Å². The average molecular weight is 313 g/mol. The molecule has 1 amide bonds. The van der Waals surface area contributed by atoms with Crippen molar-refractivity contribution in [2.45, 2.75) is 6.92 Å². The van der Waals surface area contributed by atoms with Gasteiger partial charge in [-0.1, -0.05) is 12.1 Å². The van der Waals surface area contributed by atoms with E-state index in [2.05, 4.69) is 27.6 Å². The molecule has 0 spiro atoms. The van der Waals surface area contributed by atoms with Gasteiger partial charge in [0, 0.05) is 18.8 Å². The number of furan rings is 1. The Hall–Kier alpha value is -2.60. The summed E-state index contributed by atoms with van der Waals surface area (Å²) in [6.07, 6.45) is 1.45. The molecule has 1 saturated heterocycles. The third-order valence-corrected chi connectivity index (χ3v) is 3.73. The maximum absolute atomic E-state index is 11.8. The highest BCUT2D eigenvalue weighted by Gasteiger charge is 2.11. The van der Waals surface area contributed by atoms with Crippen molar-refractivity contribution in [1.82, 2.24) is 5.43 Å². The summed E-state index contributed by atoms with van der Waals surface area (Å²) in [5.74, 6) is -0.122. The van der Waals surface area contributed by atoms with E-state index < -0.39 is 0 Å². The van der Waals surface area contributed by atoms with E-state index in [4.69, 9.17) is 9.15 Å². The van der Waals surface area contributed by atoms with Crippen LogP contribution in [0, 0.1) is 0 Å². The number of carbonyl (C=O) groups is 1. The van der Waals surface area contributed by atoms with E-state index in [1.165, 1.54) is 12.0 Å². The van der Waals surface area contributed by atoms with Crippen LogP contribution in [0.5, 0.6) is 0 Å². The molecule has 1 aliphatic rings. The normalized spacial score (nSPS) is 15.5. The highest BCUT2D eigenvalue weighted by atomic mass is 16.5. The van der Waals surface area contributed by atoms with Gasteiger partial charge in [0.15, 0.2) is 5.76 Å². The van der Waals surface area contributed by atoms with Crippen LogP contribution >= 0.6 is 0 Å². The van der Waals surface area contributed by atoms with Crippen LogP contribution in [0.2, 0.25) is 0 Å². The average Bonchev–Trinajstić information content (AvgIpc) is 3.15. The highest BCUT2D eigenvalue weighted by Crippen LogP contribution is 2.17. The van der Waals surface area contributed by atoms with Crippen LogP contribution in [0.15, 0.2) is 52.2 Å². The zero-order valence-corrected chi connectivity index (χ0v) is 13.0. The molecule has 2 heterocycles. The minimum absolute atomic E-state index is 0.240. The van der Waals surface area contributed by atoms with Crippen molar-refractivity contribution in [3.05, 3.63) is 54.0 Å². The Morgan fingerprint density at radius 1 is 1.17 bits per heavy atom. The third kappa shape index (κ3) is 3.78. The van der Waals surface area contributed by atoms with Gasteiger partial charge in [-0.2, -0.15) is 5.10 Å². The predicted octanol–water partition coefficient (Wildman–Crippen LogP) is 2.27. The lowest BCUT2D eigenvalue weighted by atomic mass is 10.1. The number of nitrogens with zero attached hydrogens (tertiary/aromatic N) is 2. The number of benzene rings is 1. The summed E-state index contributed by atoms with van der Waals surface area (Å²) in [7, 11) is 0. The Morgan fingerprint density at radius 2 is 1.91 bits per heavy atom. The summed E-state index contributed by atoms with van der Waals surface area (Å²) in [5, 5.41) is 4.12. The summed E-state index contributed by atoms with van der Waals surface area (Å²) in [6.45, 7) is 5.20. The Kier molecular flexibility index (Phi) is 4.73. The second-order valence-corrected chi connectivity index (χ2v) is 5.26. The summed E-state index contributed by atoms with van der Waals surface area (Å²) >= 11 is 0. The maximum atomic E-state index is 11.8. The Labute approximate surface area is 134 Å². The molecule has 0 saturated carbocycles. The van der Waals surface area contributed by atoms with Gasteiger partial charge in [-0.3, -0.25) is 4.79 Å². The van der Waals surface area contributed by atoms with E-state index >= 15 is 0 Å². The fourth-order valence-corrected chi connectivity index (χ4v) is 2.40. The number of carbonyl (C=O) groups excluding carboxylic acids is 1. The molecule has 0 atom stereocenters. The molecule has 1 aromatic carbocycles. The summed E-state index contributed by atoms with van der Waals surface area (Å²) in [6, 6.07) is 11.4. The Bertz CT molecular complexity index is 672. The molecule has 120 valence electrons. The molecular weight excluding hydrogens is 294 g/mol. The first-order valence-electron chi connectivity index (χ1n) is 7.55. The Balaban J connectivity index is 1.63. The van der Waals surface area contributed by atoms with Gasteiger partial charge in [0.1, 0.15) is 0 Å². The first kappa shape index (κ1) is 15.3. The standard InChI is InChI=1S/C17H19N3O3/c1-13(18-19-17(21)16-3-2-10-23-16)14-4-6-15(7-5-14)20-8-11-22-12-9-20/h2-7,10H,8-9,11-12H2,1H3,(H,19,21)/b18-13+. The second kappa shape index (κ2) is 7.11. The molecule has 0 aliphatic carbocycles. The fourth-order valence-electron chi connectivity index (χ4n) is 2.40. The van der Waals surface area contributed by atoms with Gasteiger partial charge in [0.05, 0.1) is 25.2 Å². The number of hydrogen-bond donors (Lipinski definition) is 1. The summed E-state index contributed by atoms with van der Waals surface area (Å²) < 4.78 is 10.4. The predicted molar refractivity (Wildman–Crippen MR) is 87.9 cm³/mol. The lowest BCUT2D eigenvalue weighted by Crippen LogP contribution is -2.36. The Morgan fingerprint density at radius 3 is 2.57 bits per heavy atom. The quantitative estimate of drug-likeness (QED) is 0.694. The molecule has 0 radical (unpaired) electrons. The van der Waals surface area contributed by atoms with Crippen LogP contribution in [0.1, 0.15) is 23.0 Å². The molecule has 6 nitrogen and oxygen atoms in total. The van der Waals surface area contributed by atoms with Crippen LogP contribution in [0.3, 0.4) is 0 Å². The zero-order valence-electron chi connectivity index (χ0n) is 13.0. The maximum Gasteiger partial charge on any atom is 0.307 e. The van der Waals surface area contributed by atoms with Crippen molar-refractivity contribution in [2.75, 3.05) is 31.2 Å². The van der Waals surface area contributed by atoms with E-state index in [0.29, 0.717) is 0 Å². The van der Waals surface area contributed by atoms with Crippen molar-refractivity contribution in [3.8, 4) is 0 Å². The monoisotopic (exact) mass is 313 g/mol. The first-order valence-corrected chi connectivity index (χ1v) is 7.55. The van der Waals surface area contributed by atoms with E-state index in [-0.39, 0.29) is 11.7 Å². The third-order valence-electron chi connectivity index (χ3n) is 3.73. The SMILES string of the molecule is C/C(=N\NC(=O)c1ccco1)c1ccc(N2CCOCC2)cc1. The van der Waals surface area contributed by atoms with E-state index in [1.54, 1.807) is 12.1 Å². The largest absolute Gasteiger partial charge is 0.459 e. The molecule has 1 aromatic heterocycles. The first-order chi connectivity index (χ1) is 11.2. The lowest BCUT2D eigenvalue weighted by Gasteiger charge is -2.28. The van der Waals surface area contributed by atoms with E-state index in [1.807, 2.05) is 19.1 Å². The second-order valence-electron chi connectivity index (χ2n) is 5.26. The molecule has 2 aromatic rings. The van der Waals surface area contributed by atoms with Gasteiger partial charge >= 0.3 is 5.91 Å². The molecular formula is C17H19N3O3. The van der Waals surface area contributed by atoms with Crippen molar-refractivity contribution in [2.24, 2.45) is 5.10 Å². The van der Waals surface area contributed by atoms with Crippen LogP contribution in [-0.2, 0) is 4.74 Å². The number of hydrazone groups is 1. The number of nitrogens with one attached hydrogen (secondary N) is 1. The molecule has 23 heavy (non-hydrogen) atoms. The number of hydrogen-bond acceptors (Lipinski definition) is 5. The lowest BCUT2D eigenvalue weighted by molar-refractivity contribution is 0.0927.